The third-order valence-electron chi connectivity index (χ3n) is 6.10. The zero-order chi connectivity index (χ0) is 25.3. The number of nitrogens with zero attached hydrogens (tertiary/aromatic N) is 5. The Morgan fingerprint density at radius 2 is 2.06 bits per heavy atom. The molecule has 2 atom stereocenters. The smallest absolute Gasteiger partial charge is 0.382 e. The Bertz CT molecular complexity index is 1170. The van der Waals surface area contributed by atoms with Crippen molar-refractivity contribution in [3.05, 3.63) is 47.1 Å². The van der Waals surface area contributed by atoms with E-state index < -0.39 is 12.1 Å². The molecule has 35 heavy (non-hydrogen) atoms. The molecular weight excluding hydrogens is 465 g/mol. The van der Waals surface area contributed by atoms with Gasteiger partial charge in [0.1, 0.15) is 5.70 Å². The standard InChI is InChI=1S/C23H25F3N6O3/c1-27-17(12-31(2)3)20(33)28-16-6-4-5-7-18(16)32-11-14-9-8-13(10-15(14)21(32)34)19-29-22(35-30-19)23(24,25)26/h8-10,12,16,18H,1,4-7,11H2,2-3H3,(H,28,33)/b17-12-/t16-,18-/m1/s1. The summed E-state index contributed by atoms with van der Waals surface area (Å²) in [6.07, 6.45) is 0.0566. The van der Waals surface area contributed by atoms with Crippen molar-refractivity contribution in [2.75, 3.05) is 14.1 Å². The van der Waals surface area contributed by atoms with Crippen LogP contribution in [0.4, 0.5) is 13.2 Å². The van der Waals surface area contributed by atoms with E-state index in [4.69, 9.17) is 0 Å². The van der Waals surface area contributed by atoms with Crippen molar-refractivity contribution in [3.63, 3.8) is 0 Å². The Labute approximate surface area is 199 Å². The molecule has 2 aromatic rings. The topological polar surface area (TPSA) is 104 Å². The lowest BCUT2D eigenvalue weighted by atomic mass is 9.89. The van der Waals surface area contributed by atoms with Gasteiger partial charge in [-0.25, -0.2) is 0 Å². The highest BCUT2D eigenvalue weighted by atomic mass is 19.4. The number of amides is 2. The number of fused-ring (bicyclic) bond motifs is 1. The Hall–Kier alpha value is -3.70. The molecule has 12 heteroatoms. The van der Waals surface area contributed by atoms with Gasteiger partial charge in [-0.15, -0.1) is 0 Å². The van der Waals surface area contributed by atoms with Gasteiger partial charge in [0.2, 0.25) is 5.82 Å². The molecular formula is C23H25F3N6O3. The lowest BCUT2D eigenvalue weighted by Gasteiger charge is -2.38. The maximum absolute atomic E-state index is 13.3. The van der Waals surface area contributed by atoms with Crippen LogP contribution >= 0.6 is 0 Å². The zero-order valence-corrected chi connectivity index (χ0v) is 19.3. The Morgan fingerprint density at radius 1 is 1.31 bits per heavy atom. The molecule has 0 unspecified atom stereocenters. The maximum atomic E-state index is 13.3. The minimum absolute atomic E-state index is 0.179. The summed E-state index contributed by atoms with van der Waals surface area (Å²) in [6.45, 7) is 3.80. The van der Waals surface area contributed by atoms with E-state index in [2.05, 4.69) is 31.7 Å². The molecule has 0 bridgehead atoms. The van der Waals surface area contributed by atoms with Gasteiger partial charge in [0.05, 0.1) is 6.04 Å². The molecule has 1 fully saturated rings. The molecule has 1 saturated carbocycles. The molecule has 4 rings (SSSR count). The van der Waals surface area contributed by atoms with Crippen molar-refractivity contribution >= 4 is 18.5 Å². The lowest BCUT2D eigenvalue weighted by molar-refractivity contribution is -0.159. The average Bonchev–Trinajstić information content (AvgIpc) is 3.43. The predicted octanol–water partition coefficient (Wildman–Crippen LogP) is 3.24. The van der Waals surface area contributed by atoms with Crippen LogP contribution in [0.25, 0.3) is 11.4 Å². The fourth-order valence-electron chi connectivity index (χ4n) is 4.50. The summed E-state index contributed by atoms with van der Waals surface area (Å²) in [4.78, 5) is 36.7. The number of hydrogen-bond acceptors (Lipinski definition) is 7. The van der Waals surface area contributed by atoms with Gasteiger partial charge in [0, 0.05) is 44.0 Å². The number of carbonyl (C=O) groups excluding carboxylic acids is 2. The molecule has 1 N–H and O–H groups in total. The van der Waals surface area contributed by atoms with Crippen LogP contribution in [0.15, 0.2) is 39.6 Å². The molecule has 2 heterocycles. The van der Waals surface area contributed by atoms with Crippen molar-refractivity contribution in [2.24, 2.45) is 4.99 Å². The van der Waals surface area contributed by atoms with Crippen molar-refractivity contribution in [2.45, 2.75) is 50.5 Å². The molecule has 0 radical (unpaired) electrons. The summed E-state index contributed by atoms with van der Waals surface area (Å²) in [5.41, 5.74) is 1.55. The second kappa shape index (κ2) is 9.51. The number of benzene rings is 1. The van der Waals surface area contributed by atoms with E-state index in [1.54, 1.807) is 42.2 Å². The van der Waals surface area contributed by atoms with Crippen LogP contribution in [-0.4, -0.2) is 64.7 Å². The second-order valence-corrected chi connectivity index (χ2v) is 8.79. The van der Waals surface area contributed by atoms with E-state index >= 15 is 0 Å². The van der Waals surface area contributed by atoms with Crippen LogP contribution in [0.1, 0.15) is 47.5 Å². The van der Waals surface area contributed by atoms with Gasteiger partial charge >= 0.3 is 12.1 Å². The highest BCUT2D eigenvalue weighted by Gasteiger charge is 2.40. The molecule has 1 aliphatic carbocycles. The van der Waals surface area contributed by atoms with E-state index in [-0.39, 0.29) is 41.0 Å². The van der Waals surface area contributed by atoms with E-state index in [0.29, 0.717) is 24.9 Å². The van der Waals surface area contributed by atoms with Crippen LogP contribution in [0.3, 0.4) is 0 Å². The fourth-order valence-corrected chi connectivity index (χ4v) is 4.50. The molecule has 186 valence electrons. The first-order chi connectivity index (χ1) is 16.6. The number of alkyl halides is 3. The number of hydrogen-bond donors (Lipinski definition) is 1. The second-order valence-electron chi connectivity index (χ2n) is 8.79. The third kappa shape index (κ3) is 5.05. The minimum Gasteiger partial charge on any atom is -0.382 e. The van der Waals surface area contributed by atoms with E-state index in [1.807, 2.05) is 0 Å². The quantitative estimate of drug-likeness (QED) is 0.493. The first kappa shape index (κ1) is 24.4. The minimum atomic E-state index is -4.75. The van der Waals surface area contributed by atoms with Gasteiger partial charge in [-0.2, -0.15) is 18.2 Å². The van der Waals surface area contributed by atoms with Crippen LogP contribution < -0.4 is 5.32 Å². The SMILES string of the molecule is C=N/C(=C\N(C)C)C(=O)N[C@@H]1CCCC[C@H]1N1Cc2ccc(-c3noc(C(F)(F)F)n3)cc2C1=O. The van der Waals surface area contributed by atoms with Gasteiger partial charge in [-0.3, -0.25) is 14.6 Å². The monoisotopic (exact) mass is 490 g/mol. The Kier molecular flexibility index (Phi) is 6.64. The lowest BCUT2D eigenvalue weighted by Crippen LogP contribution is -2.53. The first-order valence-electron chi connectivity index (χ1n) is 11.1. The molecule has 9 nitrogen and oxygen atoms in total. The highest BCUT2D eigenvalue weighted by molar-refractivity contribution is 6.00. The Morgan fingerprint density at radius 3 is 2.71 bits per heavy atom. The normalized spacial score (nSPS) is 20.5. The van der Waals surface area contributed by atoms with Gasteiger partial charge in [0.25, 0.3) is 11.8 Å². The van der Waals surface area contributed by atoms with Crippen LogP contribution in [0, 0.1) is 0 Å². The maximum Gasteiger partial charge on any atom is 0.471 e. The van der Waals surface area contributed by atoms with Gasteiger partial charge in [-0.1, -0.05) is 30.1 Å². The van der Waals surface area contributed by atoms with Crippen molar-refractivity contribution < 1.29 is 27.3 Å². The summed E-state index contributed by atoms with van der Waals surface area (Å²) in [7, 11) is 3.55. The van der Waals surface area contributed by atoms with E-state index in [0.717, 1.165) is 18.4 Å². The van der Waals surface area contributed by atoms with Crippen LogP contribution in [0.2, 0.25) is 0 Å². The number of aliphatic imine (C=N–C) groups is 1. The molecule has 0 saturated heterocycles. The Balaban J connectivity index is 1.54. The first-order valence-corrected chi connectivity index (χ1v) is 11.1. The van der Waals surface area contributed by atoms with E-state index in [9.17, 15) is 22.8 Å². The van der Waals surface area contributed by atoms with Crippen molar-refractivity contribution in [1.82, 2.24) is 25.3 Å². The molecule has 0 spiro atoms. The molecule has 1 aromatic carbocycles. The van der Waals surface area contributed by atoms with Crippen LogP contribution in [-0.2, 0) is 17.5 Å². The number of carbonyl (C=O) groups is 2. The van der Waals surface area contributed by atoms with Crippen molar-refractivity contribution in [1.29, 1.82) is 0 Å². The summed E-state index contributed by atoms with van der Waals surface area (Å²) >= 11 is 0. The predicted molar refractivity (Wildman–Crippen MR) is 120 cm³/mol. The van der Waals surface area contributed by atoms with E-state index in [1.165, 1.54) is 6.07 Å². The summed E-state index contributed by atoms with van der Waals surface area (Å²) < 4.78 is 42.8. The molecule has 2 aliphatic rings. The van der Waals surface area contributed by atoms with Gasteiger partial charge < -0.3 is 19.6 Å². The van der Waals surface area contributed by atoms with Crippen molar-refractivity contribution in [3.8, 4) is 11.4 Å². The average molecular weight is 490 g/mol. The number of halogens is 3. The summed E-state index contributed by atoms with van der Waals surface area (Å²) in [5.74, 6) is -2.31. The fraction of sp³-hybridized carbons (Fsp3) is 0.435. The number of nitrogens with one attached hydrogen (secondary N) is 1. The van der Waals surface area contributed by atoms with Crippen LogP contribution in [0.5, 0.6) is 0 Å². The number of aromatic nitrogens is 2. The summed E-state index contributed by atoms with van der Waals surface area (Å²) in [5, 5.41) is 6.40. The number of rotatable bonds is 6. The third-order valence-corrected chi connectivity index (χ3v) is 6.10. The van der Waals surface area contributed by atoms with Gasteiger partial charge in [0.15, 0.2) is 0 Å². The van der Waals surface area contributed by atoms with Gasteiger partial charge in [-0.05, 0) is 31.2 Å². The molecule has 2 amide bonds. The molecule has 1 aromatic heterocycles. The zero-order valence-electron chi connectivity index (χ0n) is 19.3. The molecule has 1 aliphatic heterocycles. The largest absolute Gasteiger partial charge is 0.471 e. The summed E-state index contributed by atoms with van der Waals surface area (Å²) in [6, 6.07) is 4.23. The highest BCUT2D eigenvalue weighted by Crippen LogP contribution is 2.34.